The molecule has 2 aromatic heterocycles. The third kappa shape index (κ3) is 3.38. The number of amides is 1. The van der Waals surface area contributed by atoms with Crippen LogP contribution in [0.25, 0.3) is 5.69 Å². The fraction of sp³-hybridized carbons (Fsp3) is 0.200. The summed E-state index contributed by atoms with van der Waals surface area (Å²) in [5.41, 5.74) is 3.59. The van der Waals surface area contributed by atoms with Gasteiger partial charge >= 0.3 is 0 Å². The summed E-state index contributed by atoms with van der Waals surface area (Å²) in [6.45, 7) is 5.53. The summed E-state index contributed by atoms with van der Waals surface area (Å²) >= 11 is 0. The van der Waals surface area contributed by atoms with Crippen LogP contribution in [0.15, 0.2) is 59.8 Å². The number of aryl methyl sites for hydroxylation is 2. The molecule has 0 atom stereocenters. The fourth-order valence-corrected chi connectivity index (χ4v) is 4.12. The van der Waals surface area contributed by atoms with Crippen molar-refractivity contribution < 1.29 is 13.2 Å². The first kappa shape index (κ1) is 18.8. The van der Waals surface area contributed by atoms with Gasteiger partial charge in [-0.2, -0.15) is 0 Å². The molecule has 0 aliphatic carbocycles. The van der Waals surface area contributed by atoms with Crippen LogP contribution in [-0.4, -0.2) is 35.2 Å². The highest BCUT2D eigenvalue weighted by molar-refractivity contribution is 7.89. The Morgan fingerprint density at radius 1 is 1.07 bits per heavy atom. The van der Waals surface area contributed by atoms with Crippen LogP contribution in [0, 0.1) is 20.8 Å². The number of nitrogens with zero attached hydrogens (tertiary/aromatic N) is 3. The maximum absolute atomic E-state index is 13.0. The predicted molar refractivity (Wildman–Crippen MR) is 103 cm³/mol. The number of pyridine rings is 1. The first-order chi connectivity index (χ1) is 12.7. The molecule has 0 radical (unpaired) electrons. The molecule has 27 heavy (non-hydrogen) atoms. The zero-order chi connectivity index (χ0) is 19.8. The van der Waals surface area contributed by atoms with E-state index in [1.807, 2.05) is 30.5 Å². The molecule has 0 bridgehead atoms. The van der Waals surface area contributed by atoms with Gasteiger partial charge in [-0.05, 0) is 51.1 Å². The third-order valence-corrected chi connectivity index (χ3v) is 6.29. The molecular formula is C20H21N3O3S. The lowest BCUT2D eigenvalue weighted by Crippen LogP contribution is -2.33. The van der Waals surface area contributed by atoms with Gasteiger partial charge in [-0.25, -0.2) is 12.7 Å². The summed E-state index contributed by atoms with van der Waals surface area (Å²) in [4.78, 5) is 17.2. The van der Waals surface area contributed by atoms with E-state index in [0.29, 0.717) is 11.3 Å². The van der Waals surface area contributed by atoms with Crippen molar-refractivity contribution in [3.63, 3.8) is 0 Å². The van der Waals surface area contributed by atoms with Crippen molar-refractivity contribution >= 4 is 15.9 Å². The summed E-state index contributed by atoms with van der Waals surface area (Å²) in [6.07, 6.45) is 3.37. The maximum atomic E-state index is 13.0. The van der Waals surface area contributed by atoms with Gasteiger partial charge in [0.05, 0.1) is 22.3 Å². The van der Waals surface area contributed by atoms with Crippen molar-refractivity contribution in [3.8, 4) is 5.69 Å². The second kappa shape index (κ2) is 7.00. The predicted octanol–water partition coefficient (Wildman–Crippen LogP) is 3.26. The first-order valence-electron chi connectivity index (χ1n) is 8.42. The molecule has 3 aromatic rings. The van der Waals surface area contributed by atoms with Crippen molar-refractivity contribution in [1.29, 1.82) is 0 Å². The lowest BCUT2D eigenvalue weighted by molar-refractivity contribution is 0.0882. The number of benzene rings is 1. The molecule has 0 aliphatic rings. The van der Waals surface area contributed by atoms with E-state index >= 15 is 0 Å². The lowest BCUT2D eigenvalue weighted by atomic mass is 10.2. The minimum absolute atomic E-state index is 0.0880. The molecule has 3 rings (SSSR count). The van der Waals surface area contributed by atoms with Crippen LogP contribution in [0.3, 0.4) is 0 Å². The monoisotopic (exact) mass is 383 g/mol. The Labute approximate surface area is 159 Å². The van der Waals surface area contributed by atoms with Gasteiger partial charge in [0.2, 0.25) is 0 Å². The Bertz CT molecular complexity index is 1090. The maximum Gasteiger partial charge on any atom is 0.269 e. The van der Waals surface area contributed by atoms with E-state index in [-0.39, 0.29) is 4.90 Å². The minimum atomic E-state index is -3.93. The van der Waals surface area contributed by atoms with Crippen LogP contribution in [-0.2, 0) is 10.0 Å². The van der Waals surface area contributed by atoms with Gasteiger partial charge in [0, 0.05) is 24.6 Å². The largest absolute Gasteiger partial charge is 0.316 e. The van der Waals surface area contributed by atoms with Gasteiger partial charge in [-0.1, -0.05) is 17.7 Å². The van der Waals surface area contributed by atoms with Crippen LogP contribution in [0.5, 0.6) is 0 Å². The molecule has 0 aliphatic heterocycles. The minimum Gasteiger partial charge on any atom is -0.316 e. The Balaban J connectivity index is 2.00. The average molecular weight is 383 g/mol. The van der Waals surface area contributed by atoms with Gasteiger partial charge in [0.1, 0.15) is 0 Å². The number of carbonyl (C=O) groups is 1. The van der Waals surface area contributed by atoms with Gasteiger partial charge in [-0.3, -0.25) is 9.78 Å². The molecule has 0 fully saturated rings. The van der Waals surface area contributed by atoms with Crippen molar-refractivity contribution in [1.82, 2.24) is 13.9 Å². The number of hydrogen-bond acceptors (Lipinski definition) is 4. The normalized spacial score (nSPS) is 11.4. The zero-order valence-corrected chi connectivity index (χ0v) is 16.5. The van der Waals surface area contributed by atoms with Crippen molar-refractivity contribution in [2.75, 3.05) is 7.05 Å². The van der Waals surface area contributed by atoms with E-state index in [0.717, 1.165) is 21.2 Å². The molecule has 0 saturated heterocycles. The quantitative estimate of drug-likeness (QED) is 0.693. The summed E-state index contributed by atoms with van der Waals surface area (Å²) in [6, 6.07) is 11.8. The fourth-order valence-electron chi connectivity index (χ4n) is 3.01. The van der Waals surface area contributed by atoms with E-state index in [1.165, 1.54) is 19.2 Å². The highest BCUT2D eigenvalue weighted by Crippen LogP contribution is 2.24. The van der Waals surface area contributed by atoms with E-state index in [9.17, 15) is 13.2 Å². The molecule has 2 heterocycles. The Hall–Kier alpha value is -2.93. The van der Waals surface area contributed by atoms with E-state index in [1.54, 1.807) is 37.5 Å². The van der Waals surface area contributed by atoms with E-state index in [4.69, 9.17) is 0 Å². The molecule has 0 N–H and O–H groups in total. The topological polar surface area (TPSA) is 72.3 Å². The van der Waals surface area contributed by atoms with Crippen LogP contribution in [0.4, 0.5) is 0 Å². The van der Waals surface area contributed by atoms with Gasteiger partial charge < -0.3 is 4.57 Å². The van der Waals surface area contributed by atoms with Gasteiger partial charge in [0.15, 0.2) is 0 Å². The zero-order valence-electron chi connectivity index (χ0n) is 15.7. The Kier molecular flexibility index (Phi) is 4.89. The molecule has 1 aromatic carbocycles. The molecule has 1 amide bonds. The molecular weight excluding hydrogens is 362 g/mol. The summed E-state index contributed by atoms with van der Waals surface area (Å²) in [7, 11) is -2.64. The van der Waals surface area contributed by atoms with Crippen molar-refractivity contribution in [2.24, 2.45) is 0 Å². The Morgan fingerprint density at radius 2 is 1.74 bits per heavy atom. The van der Waals surface area contributed by atoms with E-state index < -0.39 is 15.9 Å². The number of aromatic nitrogens is 2. The third-order valence-electron chi connectivity index (χ3n) is 4.53. The summed E-state index contributed by atoms with van der Waals surface area (Å²) < 4.78 is 28.3. The number of carbonyl (C=O) groups excluding carboxylic acids is 1. The Morgan fingerprint density at radius 3 is 2.33 bits per heavy atom. The lowest BCUT2D eigenvalue weighted by Gasteiger charge is -2.18. The SMILES string of the molecule is Cc1ccc(S(=O)(=O)N(C)C(=O)c2cc(C)n(-c3cccnc3)c2C)cc1. The van der Waals surface area contributed by atoms with Crippen LogP contribution in [0.1, 0.15) is 27.3 Å². The van der Waals surface area contributed by atoms with Crippen LogP contribution < -0.4 is 0 Å². The standard InChI is InChI=1S/C20H21N3O3S/c1-14-7-9-18(10-8-14)27(25,26)22(4)20(24)19-12-15(2)23(16(19)3)17-6-5-11-21-13-17/h5-13H,1-4H3. The highest BCUT2D eigenvalue weighted by atomic mass is 32.2. The van der Waals surface area contributed by atoms with Crippen molar-refractivity contribution in [2.45, 2.75) is 25.7 Å². The molecule has 0 spiro atoms. The van der Waals surface area contributed by atoms with E-state index in [2.05, 4.69) is 4.98 Å². The molecule has 6 nitrogen and oxygen atoms in total. The van der Waals surface area contributed by atoms with Gasteiger partial charge in [0.25, 0.3) is 15.9 Å². The van der Waals surface area contributed by atoms with Gasteiger partial charge in [-0.15, -0.1) is 0 Å². The summed E-state index contributed by atoms with van der Waals surface area (Å²) in [5, 5.41) is 0. The second-order valence-electron chi connectivity index (χ2n) is 6.42. The number of hydrogen-bond donors (Lipinski definition) is 0. The second-order valence-corrected chi connectivity index (χ2v) is 8.39. The summed E-state index contributed by atoms with van der Waals surface area (Å²) in [5.74, 6) is -0.571. The first-order valence-corrected chi connectivity index (χ1v) is 9.86. The molecule has 140 valence electrons. The molecule has 7 heteroatoms. The smallest absolute Gasteiger partial charge is 0.269 e. The van der Waals surface area contributed by atoms with Crippen molar-refractivity contribution in [3.05, 3.63) is 77.4 Å². The van der Waals surface area contributed by atoms with Crippen LogP contribution >= 0.6 is 0 Å². The number of rotatable bonds is 4. The molecule has 0 saturated carbocycles. The number of sulfonamides is 1. The average Bonchev–Trinajstić information content (AvgIpc) is 2.95. The highest BCUT2D eigenvalue weighted by Gasteiger charge is 2.29. The molecule has 0 unspecified atom stereocenters. The van der Waals surface area contributed by atoms with Crippen LogP contribution in [0.2, 0.25) is 0 Å².